The summed E-state index contributed by atoms with van der Waals surface area (Å²) >= 11 is 15.0. The highest BCUT2D eigenvalue weighted by atomic mass is 79.9. The summed E-state index contributed by atoms with van der Waals surface area (Å²) < 4.78 is 7.78. The van der Waals surface area contributed by atoms with E-state index in [0.29, 0.717) is 0 Å². The predicted octanol–water partition coefficient (Wildman–Crippen LogP) is 10.9. The van der Waals surface area contributed by atoms with Crippen LogP contribution < -0.4 is 0 Å². The van der Waals surface area contributed by atoms with Crippen molar-refractivity contribution in [2.24, 2.45) is 0 Å². The van der Waals surface area contributed by atoms with Crippen molar-refractivity contribution in [2.75, 3.05) is 0 Å². The molecule has 2 rings (SSSR count). The minimum Gasteiger partial charge on any atom is -0.454 e. The number of hydrogen-bond donors (Lipinski definition) is 0. The van der Waals surface area contributed by atoms with Crippen LogP contribution in [0.4, 0.5) is 0 Å². The normalized spacial score (nSPS) is 16.1. The number of benzene rings is 2. The maximum atomic E-state index is 7.78. The molecule has 0 amide bonds. The Kier molecular flexibility index (Phi) is 11.6. The molecule has 2 unspecified atom stereocenters. The Morgan fingerprint density at radius 2 is 0.829 bits per heavy atom. The van der Waals surface area contributed by atoms with Gasteiger partial charge in [-0.05, 0) is 68.6 Å². The first kappa shape index (κ1) is 32.0. The van der Waals surface area contributed by atoms with Crippen molar-refractivity contribution >= 4 is 80.4 Å². The second-order valence-electron chi connectivity index (χ2n) is 12.1. The predicted molar refractivity (Wildman–Crippen MR) is 175 cm³/mol. The minimum atomic E-state index is -2.24. The van der Waals surface area contributed by atoms with Gasteiger partial charge in [-0.1, -0.05) is 142 Å². The molecule has 7 heteroatoms. The quantitative estimate of drug-likeness (QED) is 0.173. The molecule has 0 radical (unpaired) electrons. The summed E-state index contributed by atoms with van der Waals surface area (Å²) in [5, 5.41) is 3.70. The second kappa shape index (κ2) is 12.7. The molecule has 0 aliphatic rings. The Bertz CT molecular complexity index is 875. The molecule has 0 aliphatic heterocycles. The highest BCUT2D eigenvalue weighted by molar-refractivity contribution is 9.09. The average Bonchev–Trinajstić information content (AvgIpc) is 2.77. The smallest absolute Gasteiger partial charge is 0.186 e. The third kappa shape index (κ3) is 7.45. The fourth-order valence-electron chi connectivity index (χ4n) is 4.41. The van der Waals surface area contributed by atoms with Crippen molar-refractivity contribution in [3.63, 3.8) is 0 Å². The molecule has 0 heterocycles. The molecule has 2 aromatic carbocycles. The molecule has 0 saturated carbocycles. The summed E-state index contributed by atoms with van der Waals surface area (Å²) in [6.07, 6.45) is 0. The van der Waals surface area contributed by atoms with Gasteiger partial charge in [0.25, 0.3) is 0 Å². The highest BCUT2D eigenvalue weighted by Gasteiger charge is 2.52. The Morgan fingerprint density at radius 3 is 1.03 bits per heavy atom. The van der Waals surface area contributed by atoms with E-state index in [2.05, 4.69) is 155 Å². The van der Waals surface area contributed by atoms with Gasteiger partial charge in [0.1, 0.15) is 0 Å². The molecule has 35 heavy (non-hydrogen) atoms. The molecule has 2 aromatic rings. The number of alkyl halides is 4. The molecule has 0 spiro atoms. The van der Waals surface area contributed by atoms with Crippen molar-refractivity contribution in [2.45, 2.75) is 98.1 Å². The number of rotatable bonds is 10. The van der Waals surface area contributed by atoms with Gasteiger partial charge in [-0.3, -0.25) is 0 Å². The van der Waals surface area contributed by atoms with Crippen molar-refractivity contribution in [3.05, 3.63) is 69.8 Å². The standard InChI is InChI=1S/C28H42Br4OSi2/c1-27(2,3)34(7,19-25-21(15-29)11-9-12-22(25)16-30)33-35(8,28(4,5)6)20-26-23(17-31)13-10-14-24(26)18-32/h9-14H,15-20H2,1-8H3. The van der Waals surface area contributed by atoms with E-state index in [1.54, 1.807) is 0 Å². The minimum absolute atomic E-state index is 0.0999. The third-order valence-electron chi connectivity index (χ3n) is 7.97. The van der Waals surface area contributed by atoms with Gasteiger partial charge in [0.05, 0.1) is 0 Å². The summed E-state index contributed by atoms with van der Waals surface area (Å²) in [4.78, 5) is 0. The maximum absolute atomic E-state index is 7.78. The van der Waals surface area contributed by atoms with E-state index < -0.39 is 16.6 Å². The molecule has 2 atom stereocenters. The first-order valence-corrected chi connectivity index (χ1v) is 22.0. The van der Waals surface area contributed by atoms with Crippen molar-refractivity contribution in [1.29, 1.82) is 0 Å². The topological polar surface area (TPSA) is 9.23 Å². The Hall–Kier alpha value is 0.754. The van der Waals surface area contributed by atoms with E-state index in [4.69, 9.17) is 4.12 Å². The van der Waals surface area contributed by atoms with Gasteiger partial charge in [0.15, 0.2) is 16.6 Å². The van der Waals surface area contributed by atoms with Gasteiger partial charge in [-0.2, -0.15) is 0 Å². The molecule has 0 aromatic heterocycles. The van der Waals surface area contributed by atoms with Gasteiger partial charge >= 0.3 is 0 Å². The van der Waals surface area contributed by atoms with Gasteiger partial charge in [0, 0.05) is 21.3 Å². The van der Waals surface area contributed by atoms with Crippen LogP contribution >= 0.6 is 63.7 Å². The van der Waals surface area contributed by atoms with Crippen LogP contribution in [0, 0.1) is 0 Å². The largest absolute Gasteiger partial charge is 0.454 e. The molecule has 196 valence electrons. The summed E-state index contributed by atoms with van der Waals surface area (Å²) in [6, 6.07) is 15.5. The SMILES string of the molecule is CC(C)(C)[Si](C)(Cc1c(CBr)cccc1CBr)O[Si](C)(Cc1c(CBr)cccc1CBr)C(C)(C)C. The molecule has 0 N–H and O–H groups in total. The first-order valence-electron chi connectivity index (χ1n) is 12.3. The van der Waals surface area contributed by atoms with Crippen LogP contribution in [0.25, 0.3) is 0 Å². The zero-order chi connectivity index (χ0) is 26.7. The van der Waals surface area contributed by atoms with Gasteiger partial charge in [0.2, 0.25) is 0 Å². The van der Waals surface area contributed by atoms with E-state index >= 15 is 0 Å². The Morgan fingerprint density at radius 1 is 0.571 bits per heavy atom. The van der Waals surface area contributed by atoms with Gasteiger partial charge in [-0.15, -0.1) is 0 Å². The van der Waals surface area contributed by atoms with Crippen LogP contribution in [0.3, 0.4) is 0 Å². The molecule has 0 aliphatic carbocycles. The highest BCUT2D eigenvalue weighted by Crippen LogP contribution is 2.48. The third-order valence-corrected chi connectivity index (χ3v) is 22.4. The second-order valence-corrected chi connectivity index (χ2v) is 23.8. The Labute approximate surface area is 250 Å². The molecule has 0 fully saturated rings. The molecule has 0 saturated heterocycles. The van der Waals surface area contributed by atoms with Crippen LogP contribution in [-0.2, 0) is 37.5 Å². The van der Waals surface area contributed by atoms with Gasteiger partial charge < -0.3 is 4.12 Å². The molecule has 1 nitrogen and oxygen atoms in total. The first-order chi connectivity index (χ1) is 16.2. The average molecular weight is 770 g/mol. The zero-order valence-corrected chi connectivity index (χ0v) is 31.0. The van der Waals surface area contributed by atoms with Crippen molar-refractivity contribution in [3.8, 4) is 0 Å². The van der Waals surface area contributed by atoms with Crippen LogP contribution in [0.1, 0.15) is 74.9 Å². The van der Waals surface area contributed by atoms with Crippen LogP contribution in [0.2, 0.25) is 23.2 Å². The number of halogens is 4. The van der Waals surface area contributed by atoms with Crippen LogP contribution in [0.15, 0.2) is 36.4 Å². The lowest BCUT2D eigenvalue weighted by Crippen LogP contribution is -2.59. The molecule has 0 bridgehead atoms. The van der Waals surface area contributed by atoms with Crippen LogP contribution in [-0.4, -0.2) is 16.6 Å². The molecular weight excluding hydrogens is 728 g/mol. The lowest BCUT2D eigenvalue weighted by atomic mass is 10.0. The zero-order valence-electron chi connectivity index (χ0n) is 22.6. The fraction of sp³-hybridized carbons (Fsp3) is 0.571. The van der Waals surface area contributed by atoms with Crippen LogP contribution in [0.5, 0.6) is 0 Å². The summed E-state index contributed by atoms with van der Waals surface area (Å²) in [5.74, 6) is 0. The lowest BCUT2D eigenvalue weighted by molar-refractivity contribution is 0.431. The van der Waals surface area contributed by atoms with E-state index in [0.717, 1.165) is 33.4 Å². The fourth-order valence-corrected chi connectivity index (χ4v) is 16.8. The van der Waals surface area contributed by atoms with E-state index in [-0.39, 0.29) is 10.1 Å². The summed E-state index contributed by atoms with van der Waals surface area (Å²) in [5.41, 5.74) is 8.49. The van der Waals surface area contributed by atoms with E-state index in [9.17, 15) is 0 Å². The number of hydrogen-bond acceptors (Lipinski definition) is 1. The van der Waals surface area contributed by atoms with Gasteiger partial charge in [-0.25, -0.2) is 0 Å². The lowest BCUT2D eigenvalue weighted by Gasteiger charge is -2.51. The summed E-state index contributed by atoms with van der Waals surface area (Å²) in [7, 11) is -4.49. The summed E-state index contributed by atoms with van der Waals surface area (Å²) in [6.45, 7) is 19.4. The Balaban J connectivity index is 2.65. The van der Waals surface area contributed by atoms with Crippen molar-refractivity contribution in [1.82, 2.24) is 0 Å². The maximum Gasteiger partial charge on any atom is 0.186 e. The monoisotopic (exact) mass is 766 g/mol. The van der Waals surface area contributed by atoms with E-state index in [1.165, 1.54) is 33.4 Å². The molecular formula is C28H42Br4OSi2. The van der Waals surface area contributed by atoms with Crippen molar-refractivity contribution < 1.29 is 4.12 Å². The van der Waals surface area contributed by atoms with E-state index in [1.807, 2.05) is 0 Å².